The fourth-order valence-corrected chi connectivity index (χ4v) is 2.76. The van der Waals surface area contributed by atoms with Gasteiger partial charge in [-0.15, -0.1) is 24.8 Å². The zero-order chi connectivity index (χ0) is 15.5. The van der Waals surface area contributed by atoms with E-state index in [9.17, 15) is 4.79 Å². The van der Waals surface area contributed by atoms with Crippen molar-refractivity contribution in [1.29, 1.82) is 0 Å². The van der Waals surface area contributed by atoms with E-state index < -0.39 is 0 Å². The van der Waals surface area contributed by atoms with Crippen LogP contribution in [0, 0.1) is 5.92 Å². The molecular weight excluding hydrogens is 347 g/mol. The number of anilines is 1. The van der Waals surface area contributed by atoms with Crippen LogP contribution in [0.4, 0.5) is 5.82 Å². The zero-order valence-electron chi connectivity index (χ0n) is 14.1. The third-order valence-corrected chi connectivity index (χ3v) is 4.14. The van der Waals surface area contributed by atoms with Crippen LogP contribution < -0.4 is 16.0 Å². The van der Waals surface area contributed by atoms with Crippen molar-refractivity contribution in [1.82, 2.24) is 15.6 Å². The number of nitrogens with zero attached hydrogens (tertiary/aromatic N) is 1. The average molecular weight is 377 g/mol. The van der Waals surface area contributed by atoms with E-state index in [0.29, 0.717) is 6.42 Å². The van der Waals surface area contributed by atoms with Gasteiger partial charge in [-0.05, 0) is 63.2 Å². The Morgan fingerprint density at radius 1 is 1.17 bits per heavy atom. The number of hydrogen-bond donors (Lipinski definition) is 3. The Morgan fingerprint density at radius 2 is 1.92 bits per heavy atom. The third kappa shape index (κ3) is 9.96. The van der Waals surface area contributed by atoms with Crippen molar-refractivity contribution < 1.29 is 4.79 Å². The van der Waals surface area contributed by atoms with Crippen molar-refractivity contribution in [3.05, 3.63) is 24.4 Å². The first-order chi connectivity index (χ1) is 10.8. The van der Waals surface area contributed by atoms with Gasteiger partial charge in [0.25, 0.3) is 0 Å². The molecule has 3 N–H and O–H groups in total. The van der Waals surface area contributed by atoms with Crippen LogP contribution in [0.5, 0.6) is 0 Å². The molecule has 0 spiro atoms. The van der Waals surface area contributed by atoms with Crippen molar-refractivity contribution in [2.45, 2.75) is 38.5 Å². The smallest absolute Gasteiger partial charge is 0.220 e. The van der Waals surface area contributed by atoms with E-state index in [1.165, 1.54) is 12.8 Å². The van der Waals surface area contributed by atoms with Crippen molar-refractivity contribution in [3.63, 3.8) is 0 Å². The normalized spacial score (nSPS) is 14.2. The van der Waals surface area contributed by atoms with Crippen LogP contribution in [-0.4, -0.2) is 37.1 Å². The van der Waals surface area contributed by atoms with Gasteiger partial charge in [-0.2, -0.15) is 0 Å². The molecule has 24 heavy (non-hydrogen) atoms. The summed E-state index contributed by atoms with van der Waals surface area (Å²) in [6.07, 6.45) is 7.96. The molecule has 5 nitrogen and oxygen atoms in total. The van der Waals surface area contributed by atoms with Crippen LogP contribution in [0.3, 0.4) is 0 Å². The molecule has 1 aromatic rings. The number of rotatable bonds is 9. The van der Waals surface area contributed by atoms with Crippen molar-refractivity contribution in [2.75, 3.05) is 31.5 Å². The van der Waals surface area contributed by atoms with E-state index in [0.717, 1.165) is 57.2 Å². The van der Waals surface area contributed by atoms with Crippen LogP contribution in [0.1, 0.15) is 38.5 Å². The first-order valence-corrected chi connectivity index (χ1v) is 8.47. The first kappa shape index (κ1) is 23.0. The zero-order valence-corrected chi connectivity index (χ0v) is 15.8. The molecule has 2 rings (SSSR count). The van der Waals surface area contributed by atoms with Crippen molar-refractivity contribution >= 4 is 36.5 Å². The lowest BCUT2D eigenvalue weighted by atomic mass is 9.93. The predicted molar refractivity (Wildman–Crippen MR) is 104 cm³/mol. The van der Waals surface area contributed by atoms with Crippen LogP contribution in [-0.2, 0) is 4.79 Å². The molecule has 2 heterocycles. The van der Waals surface area contributed by atoms with E-state index in [4.69, 9.17) is 0 Å². The Bertz CT molecular complexity index is 428. The van der Waals surface area contributed by atoms with E-state index >= 15 is 0 Å². The number of nitrogens with one attached hydrogen (secondary N) is 3. The summed E-state index contributed by atoms with van der Waals surface area (Å²) < 4.78 is 0. The topological polar surface area (TPSA) is 66.1 Å². The number of aromatic nitrogens is 1. The Hall–Kier alpha value is -1.04. The van der Waals surface area contributed by atoms with Crippen LogP contribution in [0.2, 0.25) is 0 Å². The van der Waals surface area contributed by atoms with Crippen molar-refractivity contribution in [3.8, 4) is 0 Å². The molecular formula is C17H30Cl2N4O. The van der Waals surface area contributed by atoms with Crippen LogP contribution in [0.25, 0.3) is 0 Å². The number of pyridine rings is 1. The highest BCUT2D eigenvalue weighted by Gasteiger charge is 2.14. The van der Waals surface area contributed by atoms with Crippen LogP contribution >= 0.6 is 24.8 Å². The Balaban J connectivity index is 0.00000264. The number of carbonyl (C=O) groups excluding carboxylic acids is 1. The van der Waals surface area contributed by atoms with Gasteiger partial charge < -0.3 is 16.0 Å². The summed E-state index contributed by atoms with van der Waals surface area (Å²) in [6.45, 7) is 3.88. The fraction of sp³-hybridized carbons (Fsp3) is 0.647. The van der Waals surface area contributed by atoms with Gasteiger partial charge in [-0.3, -0.25) is 4.79 Å². The molecule has 1 amide bonds. The summed E-state index contributed by atoms with van der Waals surface area (Å²) in [4.78, 5) is 16.0. The first-order valence-electron chi connectivity index (χ1n) is 8.47. The summed E-state index contributed by atoms with van der Waals surface area (Å²) in [5.74, 6) is 1.85. The summed E-state index contributed by atoms with van der Waals surface area (Å²) in [7, 11) is 0. The van der Waals surface area contributed by atoms with Gasteiger partial charge in [0, 0.05) is 25.7 Å². The number of amides is 1. The van der Waals surface area contributed by atoms with E-state index in [1.54, 1.807) is 6.20 Å². The summed E-state index contributed by atoms with van der Waals surface area (Å²) in [5.41, 5.74) is 0. The highest BCUT2D eigenvalue weighted by atomic mass is 35.5. The maximum atomic E-state index is 11.8. The second-order valence-electron chi connectivity index (χ2n) is 5.93. The fourth-order valence-electron chi connectivity index (χ4n) is 2.76. The lowest BCUT2D eigenvalue weighted by molar-refractivity contribution is -0.121. The average Bonchev–Trinajstić information content (AvgIpc) is 2.58. The number of halogens is 2. The minimum Gasteiger partial charge on any atom is -0.370 e. The minimum atomic E-state index is 0. The molecule has 1 aliphatic heterocycles. The van der Waals surface area contributed by atoms with Gasteiger partial charge in [0.05, 0.1) is 0 Å². The van der Waals surface area contributed by atoms with Gasteiger partial charge in [-0.25, -0.2) is 4.98 Å². The minimum absolute atomic E-state index is 0. The Kier molecular flexibility index (Phi) is 13.7. The number of hydrogen-bond acceptors (Lipinski definition) is 4. The lowest BCUT2D eigenvalue weighted by Crippen LogP contribution is -2.29. The highest BCUT2D eigenvalue weighted by Crippen LogP contribution is 2.17. The monoisotopic (exact) mass is 376 g/mol. The van der Waals surface area contributed by atoms with Crippen molar-refractivity contribution in [2.24, 2.45) is 5.92 Å². The number of piperidine rings is 1. The quantitative estimate of drug-likeness (QED) is 0.579. The van der Waals surface area contributed by atoms with Gasteiger partial charge in [-0.1, -0.05) is 6.07 Å². The predicted octanol–water partition coefficient (Wildman–Crippen LogP) is 3.01. The Labute approximate surface area is 157 Å². The summed E-state index contributed by atoms with van der Waals surface area (Å²) in [5, 5.41) is 9.65. The van der Waals surface area contributed by atoms with Gasteiger partial charge in [0.1, 0.15) is 5.82 Å². The molecule has 0 aliphatic carbocycles. The van der Waals surface area contributed by atoms with E-state index in [-0.39, 0.29) is 30.7 Å². The molecule has 0 aromatic carbocycles. The van der Waals surface area contributed by atoms with Gasteiger partial charge >= 0.3 is 0 Å². The molecule has 0 saturated carbocycles. The summed E-state index contributed by atoms with van der Waals surface area (Å²) >= 11 is 0. The van der Waals surface area contributed by atoms with E-state index in [2.05, 4.69) is 20.9 Å². The molecule has 1 aliphatic rings. The summed E-state index contributed by atoms with van der Waals surface area (Å²) in [6, 6.07) is 5.84. The number of carbonyl (C=O) groups is 1. The molecule has 1 saturated heterocycles. The highest BCUT2D eigenvalue weighted by molar-refractivity contribution is 5.85. The molecule has 0 atom stereocenters. The second kappa shape index (κ2) is 14.3. The molecule has 0 bridgehead atoms. The SMILES string of the molecule is Cl.Cl.O=C(CCC1CCNCC1)NCCCCNc1ccccn1. The Morgan fingerprint density at radius 3 is 2.62 bits per heavy atom. The number of unbranched alkanes of at least 4 members (excludes halogenated alkanes) is 1. The maximum Gasteiger partial charge on any atom is 0.220 e. The largest absolute Gasteiger partial charge is 0.370 e. The molecule has 1 fully saturated rings. The maximum absolute atomic E-state index is 11.8. The molecule has 7 heteroatoms. The second-order valence-corrected chi connectivity index (χ2v) is 5.93. The standard InChI is InChI=1S/C17H28N4O.2ClH/c22-17(7-6-15-8-13-18-14-9-15)21-12-4-3-11-20-16-5-1-2-10-19-16;;/h1-2,5,10,15,18H,3-4,6-9,11-14H2,(H,19,20)(H,21,22);2*1H. The molecule has 0 unspecified atom stereocenters. The molecule has 138 valence electrons. The van der Waals surface area contributed by atoms with E-state index in [1.807, 2.05) is 18.2 Å². The molecule has 1 aromatic heterocycles. The van der Waals surface area contributed by atoms with Crippen LogP contribution in [0.15, 0.2) is 24.4 Å². The third-order valence-electron chi connectivity index (χ3n) is 4.14. The molecule has 0 radical (unpaired) electrons. The van der Waals surface area contributed by atoms with Gasteiger partial charge in [0.15, 0.2) is 0 Å². The van der Waals surface area contributed by atoms with Gasteiger partial charge in [0.2, 0.25) is 5.91 Å². The lowest BCUT2D eigenvalue weighted by Gasteiger charge is -2.22.